The molecule has 1 aliphatic rings. The molecule has 0 aromatic carbocycles. The highest BCUT2D eigenvalue weighted by Gasteiger charge is 2.25. The van der Waals surface area contributed by atoms with Crippen LogP contribution in [0.4, 0.5) is 5.13 Å². The molecule has 1 saturated heterocycles. The van der Waals surface area contributed by atoms with E-state index >= 15 is 0 Å². The zero-order valence-corrected chi connectivity index (χ0v) is 14.7. The lowest BCUT2D eigenvalue weighted by Crippen LogP contribution is -2.39. The van der Waals surface area contributed by atoms with Gasteiger partial charge < -0.3 is 10.2 Å². The number of piperidine rings is 1. The normalized spacial score (nSPS) is 15.5. The minimum Gasteiger partial charge on any atom is -0.359 e. The van der Waals surface area contributed by atoms with E-state index in [1.165, 1.54) is 6.33 Å². The standard InChI is InChI=1S/C17H18N6OS/c1-18-15(24)11-4-6-23(7-5-11)17-22-14-3-2-13(21-16(14)25-17)12-8-19-10-20-9-12/h2-3,8-11H,4-7H2,1H3,(H,18,24). The lowest BCUT2D eigenvalue weighted by Gasteiger charge is -2.30. The Morgan fingerprint density at radius 2 is 1.96 bits per heavy atom. The van der Waals surface area contributed by atoms with E-state index in [0.717, 1.165) is 52.7 Å². The maximum absolute atomic E-state index is 11.8. The molecule has 3 aromatic heterocycles. The van der Waals surface area contributed by atoms with E-state index in [9.17, 15) is 4.79 Å². The van der Waals surface area contributed by atoms with Crippen molar-refractivity contribution >= 4 is 32.7 Å². The highest BCUT2D eigenvalue weighted by Crippen LogP contribution is 2.31. The molecule has 0 atom stereocenters. The summed E-state index contributed by atoms with van der Waals surface area (Å²) < 4.78 is 0. The molecular weight excluding hydrogens is 336 g/mol. The first-order chi connectivity index (χ1) is 12.2. The van der Waals surface area contributed by atoms with Gasteiger partial charge in [-0.3, -0.25) is 4.79 Å². The van der Waals surface area contributed by atoms with E-state index in [1.807, 2.05) is 12.1 Å². The van der Waals surface area contributed by atoms with Crippen molar-refractivity contribution in [2.24, 2.45) is 5.92 Å². The Bertz CT molecular complexity index is 889. The van der Waals surface area contributed by atoms with Gasteiger partial charge in [-0.1, -0.05) is 11.3 Å². The van der Waals surface area contributed by atoms with Crippen molar-refractivity contribution in [2.75, 3.05) is 25.0 Å². The summed E-state index contributed by atoms with van der Waals surface area (Å²) in [5.41, 5.74) is 2.64. The number of carbonyl (C=O) groups is 1. The third kappa shape index (κ3) is 3.17. The van der Waals surface area contributed by atoms with E-state index in [1.54, 1.807) is 30.8 Å². The van der Waals surface area contributed by atoms with Crippen molar-refractivity contribution in [1.29, 1.82) is 0 Å². The van der Waals surface area contributed by atoms with E-state index in [2.05, 4.69) is 20.2 Å². The van der Waals surface area contributed by atoms with Crippen LogP contribution in [0.3, 0.4) is 0 Å². The lowest BCUT2D eigenvalue weighted by molar-refractivity contribution is -0.125. The molecule has 0 unspecified atom stereocenters. The van der Waals surface area contributed by atoms with Crippen LogP contribution in [0.25, 0.3) is 21.6 Å². The number of aromatic nitrogens is 4. The average molecular weight is 354 g/mol. The monoisotopic (exact) mass is 354 g/mol. The number of thiazole rings is 1. The van der Waals surface area contributed by atoms with Crippen LogP contribution in [0, 0.1) is 5.92 Å². The van der Waals surface area contributed by atoms with Gasteiger partial charge in [0.25, 0.3) is 0 Å². The Morgan fingerprint density at radius 3 is 2.68 bits per heavy atom. The minimum atomic E-state index is 0.110. The first-order valence-corrected chi connectivity index (χ1v) is 9.06. The summed E-state index contributed by atoms with van der Waals surface area (Å²) in [6.45, 7) is 1.69. The topological polar surface area (TPSA) is 83.9 Å². The molecule has 25 heavy (non-hydrogen) atoms. The fourth-order valence-corrected chi connectivity index (χ4v) is 4.06. The second-order valence-corrected chi connectivity index (χ2v) is 6.98. The van der Waals surface area contributed by atoms with E-state index in [0.29, 0.717) is 0 Å². The van der Waals surface area contributed by atoms with Gasteiger partial charge in [-0.15, -0.1) is 0 Å². The number of hydrogen-bond donors (Lipinski definition) is 1. The van der Waals surface area contributed by atoms with Gasteiger partial charge in [0.1, 0.15) is 16.7 Å². The zero-order chi connectivity index (χ0) is 17.2. The maximum atomic E-state index is 11.8. The Morgan fingerprint density at radius 1 is 1.20 bits per heavy atom. The van der Waals surface area contributed by atoms with Crippen LogP contribution in [0.5, 0.6) is 0 Å². The molecule has 7 nitrogen and oxygen atoms in total. The Hall–Kier alpha value is -2.61. The van der Waals surface area contributed by atoms with Crippen LogP contribution in [0.15, 0.2) is 30.9 Å². The molecule has 0 spiro atoms. The van der Waals surface area contributed by atoms with Gasteiger partial charge in [-0.05, 0) is 25.0 Å². The molecule has 0 bridgehead atoms. The summed E-state index contributed by atoms with van der Waals surface area (Å²) >= 11 is 1.59. The van der Waals surface area contributed by atoms with Crippen molar-refractivity contribution in [2.45, 2.75) is 12.8 Å². The third-order valence-electron chi connectivity index (χ3n) is 4.48. The third-order valence-corrected chi connectivity index (χ3v) is 5.51. The molecule has 1 amide bonds. The summed E-state index contributed by atoms with van der Waals surface area (Å²) in [6.07, 6.45) is 6.74. The van der Waals surface area contributed by atoms with Gasteiger partial charge in [-0.2, -0.15) is 0 Å². The first kappa shape index (κ1) is 15.9. The van der Waals surface area contributed by atoms with Gasteiger partial charge in [0.05, 0.1) is 5.69 Å². The van der Waals surface area contributed by atoms with E-state index in [4.69, 9.17) is 9.97 Å². The van der Waals surface area contributed by atoms with Gasteiger partial charge in [0.15, 0.2) is 5.13 Å². The van der Waals surface area contributed by atoms with Crippen LogP contribution >= 0.6 is 11.3 Å². The maximum Gasteiger partial charge on any atom is 0.222 e. The summed E-state index contributed by atoms with van der Waals surface area (Å²) in [4.78, 5) is 32.4. The van der Waals surface area contributed by atoms with Crippen molar-refractivity contribution in [3.05, 3.63) is 30.9 Å². The number of pyridine rings is 1. The molecule has 0 aliphatic carbocycles. The van der Waals surface area contributed by atoms with Crippen molar-refractivity contribution in [1.82, 2.24) is 25.3 Å². The van der Waals surface area contributed by atoms with Crippen molar-refractivity contribution < 1.29 is 4.79 Å². The van der Waals surface area contributed by atoms with E-state index in [-0.39, 0.29) is 11.8 Å². The van der Waals surface area contributed by atoms with Gasteiger partial charge in [0.2, 0.25) is 5.91 Å². The highest BCUT2D eigenvalue weighted by molar-refractivity contribution is 7.21. The largest absolute Gasteiger partial charge is 0.359 e. The number of nitrogens with one attached hydrogen (secondary N) is 1. The molecule has 1 N–H and O–H groups in total. The average Bonchev–Trinajstić information content (AvgIpc) is 3.11. The van der Waals surface area contributed by atoms with Crippen LogP contribution in [0.1, 0.15) is 12.8 Å². The molecule has 0 saturated carbocycles. The molecule has 4 heterocycles. The number of fused-ring (bicyclic) bond motifs is 1. The Kier molecular flexibility index (Phi) is 4.27. The number of hydrogen-bond acceptors (Lipinski definition) is 7. The molecular formula is C17H18N6OS. The summed E-state index contributed by atoms with van der Waals surface area (Å²) in [5.74, 6) is 0.249. The van der Waals surface area contributed by atoms with Crippen LogP contribution in [0.2, 0.25) is 0 Å². The van der Waals surface area contributed by atoms with Crippen molar-refractivity contribution in [3.8, 4) is 11.3 Å². The number of carbonyl (C=O) groups excluding carboxylic acids is 1. The smallest absolute Gasteiger partial charge is 0.222 e. The minimum absolute atomic E-state index is 0.110. The summed E-state index contributed by atoms with van der Waals surface area (Å²) in [6, 6.07) is 3.93. The molecule has 128 valence electrons. The number of rotatable bonds is 3. The molecule has 3 aromatic rings. The lowest BCUT2D eigenvalue weighted by atomic mass is 9.96. The quantitative estimate of drug-likeness (QED) is 0.775. The fraction of sp³-hybridized carbons (Fsp3) is 0.353. The number of nitrogens with zero attached hydrogens (tertiary/aromatic N) is 5. The SMILES string of the molecule is CNC(=O)C1CCN(c2nc3ccc(-c4cncnc4)nc3s2)CC1. The highest BCUT2D eigenvalue weighted by atomic mass is 32.1. The number of anilines is 1. The van der Waals surface area contributed by atoms with Gasteiger partial charge in [0, 0.05) is 44.0 Å². The molecule has 8 heteroatoms. The van der Waals surface area contributed by atoms with Crippen molar-refractivity contribution in [3.63, 3.8) is 0 Å². The Labute approximate surface area is 149 Å². The fourth-order valence-electron chi connectivity index (χ4n) is 3.07. The summed E-state index contributed by atoms with van der Waals surface area (Å²) in [5, 5.41) is 3.71. The predicted molar refractivity (Wildman–Crippen MR) is 97.4 cm³/mol. The molecule has 1 aliphatic heterocycles. The molecule has 1 fully saturated rings. The van der Waals surface area contributed by atoms with Crippen LogP contribution < -0.4 is 10.2 Å². The van der Waals surface area contributed by atoms with Crippen LogP contribution in [-0.4, -0.2) is 46.0 Å². The summed E-state index contributed by atoms with van der Waals surface area (Å²) in [7, 11) is 1.70. The first-order valence-electron chi connectivity index (χ1n) is 8.24. The predicted octanol–water partition coefficient (Wildman–Crippen LogP) is 2.11. The van der Waals surface area contributed by atoms with Gasteiger partial charge in [-0.25, -0.2) is 19.9 Å². The number of amides is 1. The van der Waals surface area contributed by atoms with Gasteiger partial charge >= 0.3 is 0 Å². The molecule has 0 radical (unpaired) electrons. The molecule has 4 rings (SSSR count). The second-order valence-electron chi connectivity index (χ2n) is 6.02. The second kappa shape index (κ2) is 6.72. The Balaban J connectivity index is 1.55. The van der Waals surface area contributed by atoms with Crippen LogP contribution in [-0.2, 0) is 4.79 Å². The van der Waals surface area contributed by atoms with E-state index < -0.39 is 0 Å². The zero-order valence-electron chi connectivity index (χ0n) is 13.8.